The van der Waals surface area contributed by atoms with E-state index in [2.05, 4.69) is 30.1 Å². The number of aryl methyl sites for hydroxylation is 1. The SMILES string of the molecule is Cc1ccc2c(c1)CC(c1ccccc1)N(c1cccc3cccnc13)C2=O. The molecule has 136 valence electrons. The van der Waals surface area contributed by atoms with Crippen molar-refractivity contribution in [1.82, 2.24) is 4.98 Å². The van der Waals surface area contributed by atoms with Crippen molar-refractivity contribution in [3.63, 3.8) is 0 Å². The van der Waals surface area contributed by atoms with E-state index in [9.17, 15) is 4.79 Å². The van der Waals surface area contributed by atoms with E-state index in [1.54, 1.807) is 6.20 Å². The first-order valence-corrected chi connectivity index (χ1v) is 9.54. The minimum atomic E-state index is -0.0596. The molecule has 2 heterocycles. The molecule has 0 saturated carbocycles. The van der Waals surface area contributed by atoms with Crippen LogP contribution in [0.1, 0.15) is 33.1 Å². The number of carbonyl (C=O) groups excluding carboxylic acids is 1. The Morgan fingerprint density at radius 2 is 1.75 bits per heavy atom. The summed E-state index contributed by atoms with van der Waals surface area (Å²) in [4.78, 5) is 20.2. The molecule has 3 nitrogen and oxygen atoms in total. The number of anilines is 1. The molecule has 0 spiro atoms. The molecule has 0 radical (unpaired) electrons. The van der Waals surface area contributed by atoms with Crippen LogP contribution in [-0.4, -0.2) is 10.9 Å². The smallest absolute Gasteiger partial charge is 0.259 e. The summed E-state index contributed by atoms with van der Waals surface area (Å²) in [6.45, 7) is 2.07. The van der Waals surface area contributed by atoms with Crippen molar-refractivity contribution in [3.05, 3.63) is 107 Å². The Kier molecular flexibility index (Phi) is 3.94. The molecule has 3 heteroatoms. The maximum Gasteiger partial charge on any atom is 0.259 e. The average molecular weight is 364 g/mol. The van der Waals surface area contributed by atoms with Gasteiger partial charge in [-0.15, -0.1) is 0 Å². The normalized spacial score (nSPS) is 16.2. The van der Waals surface area contributed by atoms with Crippen LogP contribution in [0.5, 0.6) is 0 Å². The van der Waals surface area contributed by atoms with E-state index in [-0.39, 0.29) is 11.9 Å². The Morgan fingerprint density at radius 3 is 2.61 bits per heavy atom. The monoisotopic (exact) mass is 364 g/mol. The Hall–Kier alpha value is -3.46. The summed E-state index contributed by atoms with van der Waals surface area (Å²) in [6, 6.07) is 26.3. The van der Waals surface area contributed by atoms with Crippen molar-refractivity contribution in [2.75, 3.05) is 4.90 Å². The van der Waals surface area contributed by atoms with Crippen molar-refractivity contribution in [3.8, 4) is 0 Å². The van der Waals surface area contributed by atoms with E-state index >= 15 is 0 Å². The van der Waals surface area contributed by atoms with Crippen LogP contribution < -0.4 is 4.90 Å². The summed E-state index contributed by atoms with van der Waals surface area (Å²) in [6.07, 6.45) is 2.57. The van der Waals surface area contributed by atoms with Gasteiger partial charge in [-0.25, -0.2) is 0 Å². The number of nitrogens with zero attached hydrogens (tertiary/aromatic N) is 2. The number of aromatic nitrogens is 1. The second kappa shape index (κ2) is 6.61. The van der Waals surface area contributed by atoms with Crippen LogP contribution in [-0.2, 0) is 6.42 Å². The van der Waals surface area contributed by atoms with E-state index in [1.165, 1.54) is 5.56 Å². The van der Waals surface area contributed by atoms with Crippen molar-refractivity contribution >= 4 is 22.5 Å². The van der Waals surface area contributed by atoms with Crippen LogP contribution in [0.15, 0.2) is 85.1 Å². The van der Waals surface area contributed by atoms with E-state index in [1.807, 2.05) is 65.6 Å². The minimum Gasteiger partial charge on any atom is -0.298 e. The molecule has 1 amide bonds. The average Bonchev–Trinajstić information content (AvgIpc) is 2.74. The second-order valence-electron chi connectivity index (χ2n) is 7.32. The largest absolute Gasteiger partial charge is 0.298 e. The van der Waals surface area contributed by atoms with Crippen LogP contribution >= 0.6 is 0 Å². The number of hydrogen-bond donors (Lipinski definition) is 0. The highest BCUT2D eigenvalue weighted by molar-refractivity contribution is 6.12. The molecule has 1 aliphatic heterocycles. The second-order valence-corrected chi connectivity index (χ2v) is 7.32. The van der Waals surface area contributed by atoms with Crippen molar-refractivity contribution < 1.29 is 4.79 Å². The van der Waals surface area contributed by atoms with E-state index in [4.69, 9.17) is 0 Å². The highest BCUT2D eigenvalue weighted by Gasteiger charge is 2.35. The third-order valence-corrected chi connectivity index (χ3v) is 5.49. The van der Waals surface area contributed by atoms with Crippen LogP contribution in [0.4, 0.5) is 5.69 Å². The zero-order valence-corrected chi connectivity index (χ0v) is 15.7. The van der Waals surface area contributed by atoms with Crippen LogP contribution in [0.25, 0.3) is 10.9 Å². The maximum absolute atomic E-state index is 13.7. The van der Waals surface area contributed by atoms with Gasteiger partial charge >= 0.3 is 0 Å². The van der Waals surface area contributed by atoms with Gasteiger partial charge in [-0.1, -0.05) is 66.2 Å². The Balaban J connectivity index is 1.75. The maximum atomic E-state index is 13.7. The van der Waals surface area contributed by atoms with E-state index < -0.39 is 0 Å². The lowest BCUT2D eigenvalue weighted by atomic mass is 9.88. The summed E-state index contributed by atoms with van der Waals surface area (Å²) < 4.78 is 0. The van der Waals surface area contributed by atoms with Crippen LogP contribution in [0.2, 0.25) is 0 Å². The molecule has 0 fully saturated rings. The number of carbonyl (C=O) groups is 1. The number of rotatable bonds is 2. The van der Waals surface area contributed by atoms with Gasteiger partial charge in [0.15, 0.2) is 0 Å². The molecule has 0 aliphatic carbocycles. The molecule has 28 heavy (non-hydrogen) atoms. The fourth-order valence-electron chi connectivity index (χ4n) is 4.17. The molecule has 1 aromatic heterocycles. The van der Waals surface area contributed by atoms with E-state index in [0.29, 0.717) is 0 Å². The van der Waals surface area contributed by atoms with Crippen molar-refractivity contribution in [1.29, 1.82) is 0 Å². The topological polar surface area (TPSA) is 33.2 Å². The van der Waals surface area contributed by atoms with Gasteiger partial charge in [0.2, 0.25) is 0 Å². The van der Waals surface area contributed by atoms with Crippen molar-refractivity contribution in [2.24, 2.45) is 0 Å². The fraction of sp³-hybridized carbons (Fsp3) is 0.120. The number of amides is 1. The summed E-state index contributed by atoms with van der Waals surface area (Å²) in [5.74, 6) is 0.0354. The Morgan fingerprint density at radius 1 is 0.929 bits per heavy atom. The third-order valence-electron chi connectivity index (χ3n) is 5.49. The molecule has 0 saturated heterocycles. The quantitative estimate of drug-likeness (QED) is 0.471. The predicted octanol–water partition coefficient (Wildman–Crippen LogP) is 5.49. The van der Waals surface area contributed by atoms with Gasteiger partial charge in [0.25, 0.3) is 5.91 Å². The van der Waals surface area contributed by atoms with Crippen LogP contribution in [0.3, 0.4) is 0 Å². The molecule has 3 aromatic carbocycles. The van der Waals surface area contributed by atoms with Gasteiger partial charge < -0.3 is 0 Å². The zero-order valence-electron chi connectivity index (χ0n) is 15.7. The minimum absolute atomic E-state index is 0.0354. The zero-order chi connectivity index (χ0) is 19.1. The molecule has 1 unspecified atom stereocenters. The van der Waals surface area contributed by atoms with Crippen LogP contribution in [0, 0.1) is 6.92 Å². The highest BCUT2D eigenvalue weighted by Crippen LogP contribution is 2.39. The first-order chi connectivity index (χ1) is 13.7. The Labute approximate surface area is 164 Å². The molecule has 0 N–H and O–H groups in total. The molecular formula is C25H20N2O. The third kappa shape index (κ3) is 2.67. The van der Waals surface area contributed by atoms with Gasteiger partial charge in [0.05, 0.1) is 17.2 Å². The lowest BCUT2D eigenvalue weighted by Gasteiger charge is -2.37. The van der Waals surface area contributed by atoms with Gasteiger partial charge in [0, 0.05) is 17.1 Å². The summed E-state index contributed by atoms with van der Waals surface area (Å²) >= 11 is 0. The number of para-hydroxylation sites is 1. The van der Waals surface area contributed by atoms with Gasteiger partial charge in [-0.2, -0.15) is 0 Å². The first kappa shape index (κ1) is 16.7. The summed E-state index contributed by atoms with van der Waals surface area (Å²) in [7, 11) is 0. The van der Waals surface area contributed by atoms with Gasteiger partial charge in [-0.05, 0) is 42.7 Å². The first-order valence-electron chi connectivity index (χ1n) is 9.54. The molecule has 5 rings (SSSR count). The predicted molar refractivity (Wildman–Crippen MR) is 113 cm³/mol. The summed E-state index contributed by atoms with van der Waals surface area (Å²) in [5.41, 5.74) is 5.93. The molecular weight excluding hydrogens is 344 g/mol. The van der Waals surface area contributed by atoms with Gasteiger partial charge in [-0.3, -0.25) is 14.7 Å². The standard InChI is InChI=1S/C25H20N2O/c1-17-12-13-21-20(15-17)16-23(18-7-3-2-4-8-18)27(25(21)28)22-11-5-9-19-10-6-14-26-24(19)22/h2-15,23H,16H2,1H3. The highest BCUT2D eigenvalue weighted by atomic mass is 16.2. The number of fused-ring (bicyclic) bond motifs is 2. The molecule has 1 aliphatic rings. The number of hydrogen-bond acceptors (Lipinski definition) is 2. The lowest BCUT2D eigenvalue weighted by molar-refractivity contribution is 0.0967. The van der Waals surface area contributed by atoms with Crippen molar-refractivity contribution in [2.45, 2.75) is 19.4 Å². The fourth-order valence-corrected chi connectivity index (χ4v) is 4.17. The van der Waals surface area contributed by atoms with E-state index in [0.717, 1.165) is 39.7 Å². The molecule has 0 bridgehead atoms. The molecule has 1 atom stereocenters. The number of pyridine rings is 1. The Bertz CT molecular complexity index is 1180. The summed E-state index contributed by atoms with van der Waals surface area (Å²) in [5, 5.41) is 1.04. The lowest BCUT2D eigenvalue weighted by Crippen LogP contribution is -2.40. The van der Waals surface area contributed by atoms with Gasteiger partial charge in [0.1, 0.15) is 0 Å². The number of benzene rings is 3. The molecule has 4 aromatic rings.